The molecule has 5 nitrogen and oxygen atoms in total. The van der Waals surface area contributed by atoms with E-state index in [1.54, 1.807) is 0 Å². The summed E-state index contributed by atoms with van der Waals surface area (Å²) in [6, 6.07) is 9.81. The standard InChI is InChI=1S/C22H23F2N2O3/c1-16-25(2)13-14-26(16)12-3-15-29-21(27)22(28,17-4-8-19(23)9-5-17)18-6-10-20(24)11-7-18/h4-11,13-14,28H,3,12,15H2,1-2H3/q+1. The van der Waals surface area contributed by atoms with Gasteiger partial charge in [0.2, 0.25) is 5.60 Å². The van der Waals surface area contributed by atoms with Crippen LogP contribution >= 0.6 is 0 Å². The molecule has 0 radical (unpaired) electrons. The molecule has 7 heteroatoms. The van der Waals surface area contributed by atoms with E-state index in [1.807, 2.05) is 35.5 Å². The molecule has 0 aliphatic heterocycles. The van der Waals surface area contributed by atoms with E-state index in [4.69, 9.17) is 4.74 Å². The number of imidazole rings is 1. The molecule has 0 unspecified atom stereocenters. The monoisotopic (exact) mass is 401 g/mol. The zero-order valence-electron chi connectivity index (χ0n) is 16.3. The first-order chi connectivity index (χ1) is 13.8. The summed E-state index contributed by atoms with van der Waals surface area (Å²) in [4.78, 5) is 12.8. The van der Waals surface area contributed by atoms with Crippen molar-refractivity contribution in [1.29, 1.82) is 0 Å². The number of carbonyl (C=O) groups is 1. The van der Waals surface area contributed by atoms with Gasteiger partial charge >= 0.3 is 5.97 Å². The number of aromatic nitrogens is 2. The molecule has 3 aromatic rings. The van der Waals surface area contributed by atoms with E-state index in [9.17, 15) is 18.7 Å². The summed E-state index contributed by atoms with van der Waals surface area (Å²) in [5.74, 6) is -0.839. The number of aryl methyl sites for hydroxylation is 2. The third-order valence-corrected chi connectivity index (χ3v) is 4.99. The van der Waals surface area contributed by atoms with Crippen LogP contribution in [0, 0.1) is 18.6 Å². The van der Waals surface area contributed by atoms with Crippen molar-refractivity contribution in [3.8, 4) is 0 Å². The number of rotatable bonds is 7. The third-order valence-electron chi connectivity index (χ3n) is 4.99. The Morgan fingerprint density at radius 2 is 1.59 bits per heavy atom. The molecule has 1 aromatic heterocycles. The van der Waals surface area contributed by atoms with Crippen LogP contribution in [0.25, 0.3) is 0 Å². The van der Waals surface area contributed by atoms with E-state index < -0.39 is 23.2 Å². The third kappa shape index (κ3) is 4.35. The normalized spacial score (nSPS) is 11.5. The molecule has 0 aliphatic rings. The van der Waals surface area contributed by atoms with Gasteiger partial charge in [-0.1, -0.05) is 24.3 Å². The average molecular weight is 401 g/mol. The van der Waals surface area contributed by atoms with Crippen LogP contribution in [-0.2, 0) is 28.7 Å². The molecule has 0 saturated heterocycles. The SMILES string of the molecule is Cc1n(CCCOC(=O)C(O)(c2ccc(F)cc2)c2ccc(F)cc2)cc[n+]1C. The highest BCUT2D eigenvalue weighted by Gasteiger charge is 2.41. The van der Waals surface area contributed by atoms with Crippen LogP contribution in [0.1, 0.15) is 23.4 Å². The summed E-state index contributed by atoms with van der Waals surface area (Å²) in [7, 11) is 1.94. The van der Waals surface area contributed by atoms with E-state index in [-0.39, 0.29) is 17.7 Å². The van der Waals surface area contributed by atoms with Gasteiger partial charge in [0.25, 0.3) is 5.82 Å². The maximum Gasteiger partial charge on any atom is 0.347 e. The van der Waals surface area contributed by atoms with Crippen LogP contribution in [0.2, 0.25) is 0 Å². The molecule has 2 aromatic carbocycles. The van der Waals surface area contributed by atoms with Crippen LogP contribution < -0.4 is 4.57 Å². The van der Waals surface area contributed by atoms with Crippen molar-refractivity contribution in [1.82, 2.24) is 4.57 Å². The minimum absolute atomic E-state index is 0.0882. The number of ether oxygens (including phenoxy) is 1. The van der Waals surface area contributed by atoms with Gasteiger partial charge in [0.05, 0.1) is 20.2 Å². The Labute approximate surface area is 167 Å². The first-order valence-corrected chi connectivity index (χ1v) is 9.25. The Morgan fingerprint density at radius 3 is 2.03 bits per heavy atom. The van der Waals surface area contributed by atoms with Crippen molar-refractivity contribution in [3.05, 3.63) is 89.5 Å². The second-order valence-corrected chi connectivity index (χ2v) is 6.86. The number of nitrogens with zero attached hydrogens (tertiary/aromatic N) is 2. The Bertz CT molecular complexity index is 937. The second-order valence-electron chi connectivity index (χ2n) is 6.86. The van der Waals surface area contributed by atoms with Crippen LogP contribution in [0.15, 0.2) is 60.9 Å². The van der Waals surface area contributed by atoms with Gasteiger partial charge in [0, 0.05) is 13.3 Å². The first-order valence-electron chi connectivity index (χ1n) is 9.25. The second kappa shape index (κ2) is 8.53. The molecule has 0 bridgehead atoms. The smallest absolute Gasteiger partial charge is 0.347 e. The average Bonchev–Trinajstić information content (AvgIpc) is 3.03. The molecule has 0 atom stereocenters. The van der Waals surface area contributed by atoms with Crippen molar-refractivity contribution in [2.75, 3.05) is 6.61 Å². The first kappa shape index (κ1) is 20.7. The van der Waals surface area contributed by atoms with Crippen LogP contribution in [0.3, 0.4) is 0 Å². The van der Waals surface area contributed by atoms with Gasteiger partial charge in [0.1, 0.15) is 24.0 Å². The summed E-state index contributed by atoms with van der Waals surface area (Å²) in [6.45, 7) is 2.71. The summed E-state index contributed by atoms with van der Waals surface area (Å²) in [6.07, 6.45) is 4.41. The molecule has 3 rings (SSSR count). The van der Waals surface area contributed by atoms with Gasteiger partial charge in [-0.15, -0.1) is 0 Å². The molecule has 1 N–H and O–H groups in total. The van der Waals surface area contributed by atoms with E-state index in [0.717, 1.165) is 30.1 Å². The number of esters is 1. The van der Waals surface area contributed by atoms with Gasteiger partial charge in [-0.3, -0.25) is 0 Å². The highest BCUT2D eigenvalue weighted by molar-refractivity contribution is 5.85. The molecule has 1 heterocycles. The summed E-state index contributed by atoms with van der Waals surface area (Å²) in [5, 5.41) is 11.2. The van der Waals surface area contributed by atoms with E-state index >= 15 is 0 Å². The number of aliphatic hydroxyl groups is 1. The predicted octanol–water partition coefficient (Wildman–Crippen LogP) is 2.77. The molecule has 0 aliphatic carbocycles. The number of carbonyl (C=O) groups excluding carboxylic acids is 1. The van der Waals surface area contributed by atoms with Crippen LogP contribution in [-0.4, -0.2) is 22.2 Å². The topological polar surface area (TPSA) is 55.3 Å². The van der Waals surface area contributed by atoms with Crippen LogP contribution in [0.5, 0.6) is 0 Å². The number of halogens is 2. The molecule has 0 fully saturated rings. The van der Waals surface area contributed by atoms with E-state index in [1.165, 1.54) is 24.3 Å². The van der Waals surface area contributed by atoms with Gasteiger partial charge in [-0.25, -0.2) is 22.7 Å². The van der Waals surface area contributed by atoms with Gasteiger partial charge in [-0.05, 0) is 35.4 Å². The number of hydrogen-bond acceptors (Lipinski definition) is 3. The van der Waals surface area contributed by atoms with E-state index in [0.29, 0.717) is 13.0 Å². The molecule has 0 spiro atoms. The fourth-order valence-electron chi connectivity index (χ4n) is 3.12. The zero-order chi connectivity index (χ0) is 21.0. The minimum Gasteiger partial charge on any atom is -0.463 e. The lowest BCUT2D eigenvalue weighted by Gasteiger charge is -2.27. The van der Waals surface area contributed by atoms with Crippen molar-refractivity contribution < 1.29 is 28.0 Å². The predicted molar refractivity (Wildman–Crippen MR) is 102 cm³/mol. The fraction of sp³-hybridized carbons (Fsp3) is 0.273. The molecule has 152 valence electrons. The molecular formula is C22H23F2N2O3+. The maximum atomic E-state index is 13.3. The number of hydrogen-bond donors (Lipinski definition) is 1. The van der Waals surface area contributed by atoms with Crippen molar-refractivity contribution in [3.63, 3.8) is 0 Å². The minimum atomic E-state index is -2.17. The zero-order valence-corrected chi connectivity index (χ0v) is 16.3. The summed E-state index contributed by atoms with van der Waals surface area (Å²) >= 11 is 0. The molecule has 0 amide bonds. The van der Waals surface area contributed by atoms with Crippen molar-refractivity contribution in [2.45, 2.75) is 25.5 Å². The lowest BCUT2D eigenvalue weighted by atomic mass is 9.86. The highest BCUT2D eigenvalue weighted by Crippen LogP contribution is 2.31. The summed E-state index contributed by atoms with van der Waals surface area (Å²) < 4.78 is 36.0. The lowest BCUT2D eigenvalue weighted by Crippen LogP contribution is -2.39. The van der Waals surface area contributed by atoms with Crippen molar-refractivity contribution in [2.24, 2.45) is 7.05 Å². The Hall–Kier alpha value is -3.06. The van der Waals surface area contributed by atoms with E-state index in [2.05, 4.69) is 0 Å². The quantitative estimate of drug-likeness (QED) is 0.376. The number of benzene rings is 2. The maximum absolute atomic E-state index is 13.3. The van der Waals surface area contributed by atoms with Gasteiger partial charge in [0.15, 0.2) is 0 Å². The summed E-state index contributed by atoms with van der Waals surface area (Å²) in [5.41, 5.74) is -1.88. The molecule has 29 heavy (non-hydrogen) atoms. The largest absolute Gasteiger partial charge is 0.463 e. The fourth-order valence-corrected chi connectivity index (χ4v) is 3.12. The lowest BCUT2D eigenvalue weighted by molar-refractivity contribution is -0.677. The molecule has 0 saturated carbocycles. The molecular weight excluding hydrogens is 378 g/mol. The Kier molecular flexibility index (Phi) is 6.08. The highest BCUT2D eigenvalue weighted by atomic mass is 19.1. The van der Waals surface area contributed by atoms with Gasteiger partial charge < -0.3 is 9.84 Å². The van der Waals surface area contributed by atoms with Crippen LogP contribution in [0.4, 0.5) is 8.78 Å². The Balaban J connectivity index is 1.76. The Morgan fingerprint density at radius 1 is 1.07 bits per heavy atom. The van der Waals surface area contributed by atoms with Gasteiger partial charge in [-0.2, -0.15) is 0 Å². The van der Waals surface area contributed by atoms with Crippen molar-refractivity contribution >= 4 is 5.97 Å².